The van der Waals surface area contributed by atoms with Crippen LogP contribution in [-0.2, 0) is 5.41 Å². The van der Waals surface area contributed by atoms with E-state index in [4.69, 9.17) is 9.97 Å². The van der Waals surface area contributed by atoms with Crippen LogP contribution in [0.2, 0.25) is 0 Å². The maximum absolute atomic E-state index is 5.26. The maximum Gasteiger partial charge on any atom is 0.145 e. The lowest BCUT2D eigenvalue weighted by Gasteiger charge is -2.23. The first-order valence-corrected chi connectivity index (χ1v) is 19.0. The first-order valence-electron chi connectivity index (χ1n) is 18.2. The number of nitrogens with zero attached hydrogens (tertiary/aromatic N) is 3. The van der Waals surface area contributed by atoms with E-state index >= 15 is 0 Å². The van der Waals surface area contributed by atoms with Gasteiger partial charge >= 0.3 is 0 Å². The van der Waals surface area contributed by atoms with E-state index in [2.05, 4.69) is 182 Å². The third kappa shape index (κ3) is 4.46. The Bertz CT molecular complexity index is 3040. The van der Waals surface area contributed by atoms with Crippen molar-refractivity contribution < 1.29 is 0 Å². The lowest BCUT2D eigenvalue weighted by Crippen LogP contribution is -2.14. The van der Waals surface area contributed by atoms with E-state index in [1.54, 1.807) is 11.3 Å². The predicted molar refractivity (Wildman–Crippen MR) is 223 cm³/mol. The van der Waals surface area contributed by atoms with Gasteiger partial charge in [0.2, 0.25) is 0 Å². The standard InChI is InChI=1S/C49H33N3S/c1-49(2)39-19-9-8-16-33(39)36-28-37-38(29-40(36)49)45(34-17-6-7-18-35(34)46(37)48-51-42-21-11-13-23-44(42)53-48)30-24-26-31(27-25-30)47-50-41-20-10-12-22-43(41)52(47)32-14-4-3-5-15-32/h3-29H,1-2H3. The van der Waals surface area contributed by atoms with Crippen LogP contribution in [0.4, 0.5) is 0 Å². The van der Waals surface area contributed by atoms with Crippen molar-refractivity contribution in [1.82, 2.24) is 14.5 Å². The van der Waals surface area contributed by atoms with E-state index in [9.17, 15) is 0 Å². The van der Waals surface area contributed by atoms with Gasteiger partial charge in [-0.3, -0.25) is 4.57 Å². The molecule has 4 heteroatoms. The van der Waals surface area contributed by atoms with Crippen LogP contribution in [0.5, 0.6) is 0 Å². The average Bonchev–Trinajstić information content (AvgIpc) is 3.87. The Hall–Kier alpha value is -6.36. The average molecular weight is 696 g/mol. The second-order valence-electron chi connectivity index (χ2n) is 14.6. The van der Waals surface area contributed by atoms with Crippen LogP contribution < -0.4 is 0 Å². The Labute approximate surface area is 311 Å². The van der Waals surface area contributed by atoms with Crippen LogP contribution in [0.25, 0.3) is 92.7 Å². The van der Waals surface area contributed by atoms with Gasteiger partial charge in [0.05, 0.1) is 21.3 Å². The molecule has 0 spiro atoms. The summed E-state index contributed by atoms with van der Waals surface area (Å²) in [5.74, 6) is 0.933. The maximum atomic E-state index is 5.26. The van der Waals surface area contributed by atoms with Gasteiger partial charge in [-0.05, 0) is 103 Å². The molecule has 2 aromatic heterocycles. The highest BCUT2D eigenvalue weighted by Crippen LogP contribution is 2.53. The van der Waals surface area contributed by atoms with Crippen LogP contribution in [0, 0.1) is 0 Å². The molecule has 0 bridgehead atoms. The lowest BCUT2D eigenvalue weighted by molar-refractivity contribution is 0.661. The minimum atomic E-state index is -0.126. The molecule has 0 radical (unpaired) electrons. The molecular weight excluding hydrogens is 663 g/mol. The largest absolute Gasteiger partial charge is 0.292 e. The van der Waals surface area contributed by atoms with E-state index in [1.165, 1.54) is 65.2 Å². The Kier molecular flexibility index (Phi) is 6.47. The van der Waals surface area contributed by atoms with Gasteiger partial charge < -0.3 is 0 Å². The highest BCUT2D eigenvalue weighted by atomic mass is 32.1. The number of imidazole rings is 1. The van der Waals surface area contributed by atoms with Crippen molar-refractivity contribution in [3.05, 3.63) is 175 Å². The molecule has 2 heterocycles. The molecule has 10 aromatic rings. The number of hydrogen-bond donors (Lipinski definition) is 0. The van der Waals surface area contributed by atoms with Crippen molar-refractivity contribution in [3.63, 3.8) is 0 Å². The third-order valence-corrected chi connectivity index (χ3v) is 12.3. The fourth-order valence-electron chi connectivity index (χ4n) is 8.74. The van der Waals surface area contributed by atoms with Crippen LogP contribution in [-0.4, -0.2) is 14.5 Å². The molecular formula is C49H33N3S. The van der Waals surface area contributed by atoms with Crippen LogP contribution in [0.1, 0.15) is 25.0 Å². The summed E-state index contributed by atoms with van der Waals surface area (Å²) >= 11 is 1.78. The molecule has 11 rings (SSSR count). The first-order chi connectivity index (χ1) is 26.0. The molecule has 1 aliphatic carbocycles. The number of benzene rings is 8. The van der Waals surface area contributed by atoms with Crippen LogP contribution >= 0.6 is 11.3 Å². The number of fused-ring (bicyclic) bond motifs is 7. The van der Waals surface area contributed by atoms with E-state index in [1.807, 2.05) is 0 Å². The molecule has 0 fully saturated rings. The SMILES string of the molecule is CC1(C)c2ccccc2-c2cc3c(-c4nc5ccccc5s4)c4ccccc4c(-c4ccc(-c5nc6ccccc6n5-c5ccccc5)cc4)c3cc21. The predicted octanol–water partition coefficient (Wildman–Crippen LogP) is 13.2. The first kappa shape index (κ1) is 30.3. The smallest absolute Gasteiger partial charge is 0.145 e. The number of para-hydroxylation sites is 4. The van der Waals surface area contributed by atoms with Gasteiger partial charge in [-0.2, -0.15) is 0 Å². The summed E-state index contributed by atoms with van der Waals surface area (Å²) in [4.78, 5) is 10.4. The molecule has 3 nitrogen and oxygen atoms in total. The zero-order valence-electron chi connectivity index (χ0n) is 29.3. The minimum Gasteiger partial charge on any atom is -0.292 e. The summed E-state index contributed by atoms with van der Waals surface area (Å²) in [5, 5.41) is 5.99. The number of thiazole rings is 1. The topological polar surface area (TPSA) is 30.7 Å². The quantitative estimate of drug-likeness (QED) is 0.172. The van der Waals surface area contributed by atoms with Crippen molar-refractivity contribution in [2.24, 2.45) is 0 Å². The Balaban J connectivity index is 1.19. The molecule has 0 unspecified atom stereocenters. The van der Waals surface area contributed by atoms with Gasteiger partial charge in [0.15, 0.2) is 0 Å². The van der Waals surface area contributed by atoms with Crippen molar-refractivity contribution in [1.29, 1.82) is 0 Å². The molecule has 8 aromatic carbocycles. The summed E-state index contributed by atoms with van der Waals surface area (Å²) in [6, 6.07) is 59.2. The van der Waals surface area contributed by atoms with Crippen molar-refractivity contribution in [2.45, 2.75) is 19.3 Å². The fraction of sp³-hybridized carbons (Fsp3) is 0.0612. The third-order valence-electron chi connectivity index (χ3n) is 11.2. The molecule has 53 heavy (non-hydrogen) atoms. The normalized spacial score (nSPS) is 13.2. The van der Waals surface area contributed by atoms with Gasteiger partial charge in [0.25, 0.3) is 0 Å². The van der Waals surface area contributed by atoms with E-state index in [-0.39, 0.29) is 5.41 Å². The van der Waals surface area contributed by atoms with E-state index in [0.29, 0.717) is 0 Å². The van der Waals surface area contributed by atoms with Gasteiger partial charge in [-0.15, -0.1) is 11.3 Å². The number of hydrogen-bond acceptors (Lipinski definition) is 3. The molecule has 0 aliphatic heterocycles. The highest BCUT2D eigenvalue weighted by molar-refractivity contribution is 7.21. The Morgan fingerprint density at radius 1 is 0.491 bits per heavy atom. The fourth-order valence-corrected chi connectivity index (χ4v) is 9.77. The van der Waals surface area contributed by atoms with Gasteiger partial charge in [-0.25, -0.2) is 9.97 Å². The number of rotatable bonds is 4. The van der Waals surface area contributed by atoms with Gasteiger partial charge in [0, 0.05) is 22.2 Å². The molecule has 250 valence electrons. The monoisotopic (exact) mass is 695 g/mol. The van der Waals surface area contributed by atoms with E-state index < -0.39 is 0 Å². The van der Waals surface area contributed by atoms with E-state index in [0.717, 1.165) is 38.6 Å². The zero-order valence-corrected chi connectivity index (χ0v) is 30.2. The number of aromatic nitrogens is 3. The molecule has 1 aliphatic rings. The summed E-state index contributed by atoms with van der Waals surface area (Å²) < 4.78 is 3.47. The van der Waals surface area contributed by atoms with Crippen molar-refractivity contribution in [2.75, 3.05) is 0 Å². The van der Waals surface area contributed by atoms with Crippen molar-refractivity contribution in [3.8, 4) is 49.9 Å². The Morgan fingerprint density at radius 2 is 1.13 bits per heavy atom. The minimum absolute atomic E-state index is 0.126. The van der Waals surface area contributed by atoms with Gasteiger partial charge in [0.1, 0.15) is 10.8 Å². The lowest BCUT2D eigenvalue weighted by atomic mass is 9.80. The molecule has 0 N–H and O–H groups in total. The van der Waals surface area contributed by atoms with Crippen LogP contribution in [0.3, 0.4) is 0 Å². The zero-order chi connectivity index (χ0) is 35.3. The highest BCUT2D eigenvalue weighted by Gasteiger charge is 2.36. The molecule has 0 amide bonds. The summed E-state index contributed by atoms with van der Waals surface area (Å²) in [5.41, 5.74) is 14.2. The summed E-state index contributed by atoms with van der Waals surface area (Å²) in [7, 11) is 0. The summed E-state index contributed by atoms with van der Waals surface area (Å²) in [6.07, 6.45) is 0. The molecule has 0 saturated carbocycles. The molecule has 0 atom stereocenters. The van der Waals surface area contributed by atoms with Gasteiger partial charge in [-0.1, -0.05) is 129 Å². The Morgan fingerprint density at radius 3 is 1.94 bits per heavy atom. The summed E-state index contributed by atoms with van der Waals surface area (Å²) in [6.45, 7) is 4.73. The second-order valence-corrected chi connectivity index (χ2v) is 15.6. The van der Waals surface area contributed by atoms with Crippen LogP contribution in [0.15, 0.2) is 164 Å². The molecule has 0 saturated heterocycles. The second kappa shape index (κ2) is 11.3. The van der Waals surface area contributed by atoms with Crippen molar-refractivity contribution >= 4 is 54.1 Å².